The first-order valence-corrected chi connectivity index (χ1v) is 9.07. The first-order valence-electron chi connectivity index (χ1n) is 9.07. The molecule has 1 aromatic rings. The van der Waals surface area contributed by atoms with E-state index in [1.807, 2.05) is 40.7 Å². The average Bonchev–Trinajstić information content (AvgIpc) is 2.60. The Balaban J connectivity index is -0.000000375. The molecule has 0 radical (unpaired) electrons. The molecule has 0 amide bonds. The minimum Gasteiger partial charge on any atom is -0.0991 e. The van der Waals surface area contributed by atoms with Gasteiger partial charge in [0.1, 0.15) is 0 Å². The van der Waals surface area contributed by atoms with Crippen molar-refractivity contribution in [2.45, 2.75) is 68.7 Å². The van der Waals surface area contributed by atoms with E-state index in [-0.39, 0.29) is 0 Å². The molecular weight excluding hydrogens is 276 g/mol. The number of hydrogen-bond acceptors (Lipinski definition) is 0. The maximum Gasteiger partial charge on any atom is -0.0185 e. The van der Waals surface area contributed by atoms with E-state index < -0.39 is 0 Å². The van der Waals surface area contributed by atoms with Crippen LogP contribution in [-0.4, -0.2) is 0 Å². The van der Waals surface area contributed by atoms with Crippen LogP contribution in [0.3, 0.4) is 0 Å². The summed E-state index contributed by atoms with van der Waals surface area (Å²) >= 11 is 0. The second kappa shape index (κ2) is 20.4. The third-order valence-corrected chi connectivity index (χ3v) is 2.89. The van der Waals surface area contributed by atoms with Crippen molar-refractivity contribution in [1.29, 1.82) is 0 Å². The molecule has 0 spiro atoms. The molecule has 0 N–H and O–H groups in total. The fraction of sp³-hybridized carbons (Fsp3) is 0.478. The van der Waals surface area contributed by atoms with Gasteiger partial charge in [-0.1, -0.05) is 116 Å². The van der Waals surface area contributed by atoms with Crippen LogP contribution in [0.25, 0.3) is 5.57 Å². The molecule has 132 valence electrons. The van der Waals surface area contributed by atoms with Crippen molar-refractivity contribution in [2.24, 2.45) is 5.92 Å². The normalized spacial score (nSPS) is 9.91. The maximum absolute atomic E-state index is 3.66. The molecule has 0 fully saturated rings. The maximum atomic E-state index is 3.66. The minimum atomic E-state index is 0.884. The molecule has 0 atom stereocenters. The summed E-state index contributed by atoms with van der Waals surface area (Å²) in [5.74, 6) is 0.884. The predicted molar refractivity (Wildman–Crippen MR) is 112 cm³/mol. The highest BCUT2D eigenvalue weighted by molar-refractivity contribution is 5.74. The molecule has 1 aromatic carbocycles. The lowest BCUT2D eigenvalue weighted by Crippen LogP contribution is -1.81. The first kappa shape index (κ1) is 26.3. The molecule has 0 unspecified atom stereocenters. The Hall–Kier alpha value is -1.56. The Morgan fingerprint density at radius 2 is 1.65 bits per heavy atom. The van der Waals surface area contributed by atoms with Gasteiger partial charge in [-0.2, -0.15) is 0 Å². The highest BCUT2D eigenvalue weighted by Gasteiger charge is 1.95. The van der Waals surface area contributed by atoms with Crippen LogP contribution >= 0.6 is 0 Å². The van der Waals surface area contributed by atoms with Gasteiger partial charge in [-0.05, 0) is 30.9 Å². The van der Waals surface area contributed by atoms with E-state index in [4.69, 9.17) is 0 Å². The molecule has 0 heteroatoms. The van der Waals surface area contributed by atoms with Gasteiger partial charge in [0.25, 0.3) is 0 Å². The molecule has 0 aromatic heterocycles. The van der Waals surface area contributed by atoms with Gasteiger partial charge in [-0.15, -0.1) is 0 Å². The van der Waals surface area contributed by atoms with Crippen LogP contribution < -0.4 is 0 Å². The van der Waals surface area contributed by atoms with Gasteiger partial charge >= 0.3 is 0 Å². The molecule has 0 heterocycles. The van der Waals surface area contributed by atoms with E-state index in [2.05, 4.69) is 70.7 Å². The van der Waals surface area contributed by atoms with Crippen molar-refractivity contribution in [1.82, 2.24) is 0 Å². The smallest absolute Gasteiger partial charge is 0.0185 e. The topological polar surface area (TPSA) is 0 Å². The number of allylic oxidation sites excluding steroid dienone is 5. The molecule has 0 saturated carbocycles. The van der Waals surface area contributed by atoms with Crippen molar-refractivity contribution in [3.05, 3.63) is 66.3 Å². The van der Waals surface area contributed by atoms with E-state index in [0.717, 1.165) is 5.92 Å². The zero-order valence-corrected chi connectivity index (χ0v) is 17.1. The van der Waals surface area contributed by atoms with Crippen molar-refractivity contribution < 1.29 is 0 Å². The van der Waals surface area contributed by atoms with Crippen molar-refractivity contribution in [2.75, 3.05) is 0 Å². The summed E-state index contributed by atoms with van der Waals surface area (Å²) in [6.45, 7) is 22.5. The summed E-state index contributed by atoms with van der Waals surface area (Å²) in [7, 11) is 0. The molecule has 0 saturated heterocycles. The van der Waals surface area contributed by atoms with E-state index in [1.165, 1.54) is 23.1 Å². The zero-order chi connectivity index (χ0) is 18.7. The van der Waals surface area contributed by atoms with Crippen LogP contribution in [0.2, 0.25) is 0 Å². The predicted octanol–water partition coefficient (Wildman–Crippen LogP) is 8.25. The van der Waals surface area contributed by atoms with Crippen LogP contribution in [0, 0.1) is 12.8 Å². The van der Waals surface area contributed by atoms with Crippen LogP contribution in [0.1, 0.15) is 72.9 Å². The number of benzene rings is 1. The van der Waals surface area contributed by atoms with Crippen LogP contribution in [0.5, 0.6) is 0 Å². The average molecular weight is 317 g/mol. The molecule has 0 bridgehead atoms. The Bertz CT molecular complexity index is 419. The summed E-state index contributed by atoms with van der Waals surface area (Å²) < 4.78 is 0. The largest absolute Gasteiger partial charge is 0.0991 e. The van der Waals surface area contributed by atoms with Gasteiger partial charge in [0.05, 0.1) is 0 Å². The molecule has 0 aliphatic carbocycles. The standard InChI is InChI=1S/C14H16.C5H12.2C2H6/c1-4-6-9-13(5-2)14-10-7-8-12(3)11-14;1-4-5(2)3;2*1-2/h4-11H,1H2,2-3H3;5H,4H2,1-3H3;2*1-2H3/b9-6-,13-5+;;;. The summed E-state index contributed by atoms with van der Waals surface area (Å²) in [5.41, 5.74) is 3.77. The number of rotatable bonds is 4. The van der Waals surface area contributed by atoms with Gasteiger partial charge in [0.15, 0.2) is 0 Å². The monoisotopic (exact) mass is 316 g/mol. The summed E-state index contributed by atoms with van der Waals surface area (Å²) in [5, 5.41) is 0. The molecule has 0 nitrogen and oxygen atoms in total. The Morgan fingerprint density at radius 3 is 2.00 bits per heavy atom. The fourth-order valence-corrected chi connectivity index (χ4v) is 1.36. The second-order valence-corrected chi connectivity index (χ2v) is 5.01. The Morgan fingerprint density at radius 1 is 1.13 bits per heavy atom. The molecule has 23 heavy (non-hydrogen) atoms. The lowest BCUT2D eigenvalue weighted by molar-refractivity contribution is 0.626. The molecular formula is C23H40. The lowest BCUT2D eigenvalue weighted by atomic mass is 10.0. The number of aryl methyl sites for hydroxylation is 1. The van der Waals surface area contributed by atoms with Gasteiger partial charge in [-0.3, -0.25) is 0 Å². The summed E-state index contributed by atoms with van der Waals surface area (Å²) in [4.78, 5) is 0. The number of hydrogen-bond donors (Lipinski definition) is 0. The summed E-state index contributed by atoms with van der Waals surface area (Å²) in [6.07, 6.45) is 9.23. The van der Waals surface area contributed by atoms with Gasteiger partial charge < -0.3 is 0 Å². The fourth-order valence-electron chi connectivity index (χ4n) is 1.36. The van der Waals surface area contributed by atoms with E-state index in [9.17, 15) is 0 Å². The minimum absolute atomic E-state index is 0.884. The van der Waals surface area contributed by atoms with E-state index >= 15 is 0 Å². The van der Waals surface area contributed by atoms with Gasteiger partial charge in [-0.25, -0.2) is 0 Å². The second-order valence-electron chi connectivity index (χ2n) is 5.01. The molecule has 1 rings (SSSR count). The lowest BCUT2D eigenvalue weighted by Gasteiger charge is -2.02. The van der Waals surface area contributed by atoms with Crippen LogP contribution in [-0.2, 0) is 0 Å². The highest BCUT2D eigenvalue weighted by Crippen LogP contribution is 2.16. The quantitative estimate of drug-likeness (QED) is 0.490. The van der Waals surface area contributed by atoms with Gasteiger partial charge in [0, 0.05) is 0 Å². The summed E-state index contributed by atoms with van der Waals surface area (Å²) in [6, 6.07) is 8.49. The van der Waals surface area contributed by atoms with Crippen LogP contribution in [0.4, 0.5) is 0 Å². The Kier molecular flexibility index (Phi) is 23.4. The van der Waals surface area contributed by atoms with Crippen molar-refractivity contribution in [3.63, 3.8) is 0 Å². The zero-order valence-electron chi connectivity index (χ0n) is 17.1. The Labute approximate surface area is 147 Å². The third kappa shape index (κ3) is 16.6. The van der Waals surface area contributed by atoms with E-state index in [0.29, 0.717) is 0 Å². The van der Waals surface area contributed by atoms with Crippen molar-refractivity contribution in [3.8, 4) is 0 Å². The SMILES string of the molecule is C=C/C=C\C(=C/C)c1cccc(C)c1.CC.CC.CCC(C)C. The van der Waals surface area contributed by atoms with Gasteiger partial charge in [0.2, 0.25) is 0 Å². The molecule has 0 aliphatic rings. The molecule has 0 aliphatic heterocycles. The first-order chi connectivity index (χ1) is 11.0. The van der Waals surface area contributed by atoms with Crippen LogP contribution in [0.15, 0.2) is 55.1 Å². The van der Waals surface area contributed by atoms with E-state index in [1.54, 1.807) is 6.08 Å². The highest BCUT2D eigenvalue weighted by atomic mass is 14.0. The van der Waals surface area contributed by atoms with Crippen molar-refractivity contribution >= 4 is 5.57 Å². The third-order valence-electron chi connectivity index (χ3n) is 2.89.